The Bertz CT molecular complexity index is 576. The lowest BCUT2D eigenvalue weighted by atomic mass is 10.1. The third kappa shape index (κ3) is 4.08. The zero-order valence-electron chi connectivity index (χ0n) is 10.0. The van der Waals surface area contributed by atoms with Crippen LogP contribution in [0, 0.1) is 22.8 Å². The summed E-state index contributed by atoms with van der Waals surface area (Å²) in [5, 5.41) is 8.81. The first kappa shape index (κ1) is 12.9. The molecule has 84 valence electrons. The van der Waals surface area contributed by atoms with Crippen molar-refractivity contribution < 1.29 is 4.79 Å². The van der Waals surface area contributed by atoms with E-state index in [1.165, 1.54) is 6.08 Å². The highest BCUT2D eigenvalue weighted by Gasteiger charge is 2.08. The molecule has 0 amide bonds. The number of carbonyl (C=O) groups excluding carboxylic acids is 1. The van der Waals surface area contributed by atoms with Crippen molar-refractivity contribution in [3.63, 3.8) is 0 Å². The van der Waals surface area contributed by atoms with Gasteiger partial charge in [0.05, 0.1) is 22.9 Å². The first-order valence-electron chi connectivity index (χ1n) is 5.11. The van der Waals surface area contributed by atoms with E-state index in [9.17, 15) is 4.79 Å². The minimum Gasteiger partial charge on any atom is -0.211 e. The Morgan fingerprint density at radius 1 is 1.29 bits per heavy atom. The standard InChI is InChI=1S/C13H12N2OSi/c1-17(2,3)7-6-12-8-11(9-14)4-5-13(12)15-10-16/h4-5,8H,1-3H3. The van der Waals surface area contributed by atoms with Crippen LogP contribution in [0.3, 0.4) is 0 Å². The van der Waals surface area contributed by atoms with Crippen LogP contribution in [0.2, 0.25) is 19.6 Å². The van der Waals surface area contributed by atoms with Crippen LogP contribution >= 0.6 is 0 Å². The van der Waals surface area contributed by atoms with Crippen LogP contribution in [-0.2, 0) is 4.79 Å². The third-order valence-corrected chi connectivity index (χ3v) is 2.74. The number of aliphatic imine (C=N–C) groups is 1. The van der Waals surface area contributed by atoms with Crippen LogP contribution in [0.1, 0.15) is 11.1 Å². The topological polar surface area (TPSA) is 53.2 Å². The smallest absolute Gasteiger partial charge is 0.211 e. The molecular formula is C13H12N2OSi. The van der Waals surface area contributed by atoms with Crippen LogP contribution in [0.15, 0.2) is 23.2 Å². The fraction of sp³-hybridized carbons (Fsp3) is 0.231. The van der Waals surface area contributed by atoms with E-state index in [0.29, 0.717) is 16.8 Å². The SMILES string of the molecule is C[Si](C)(C)C#Cc1cc(C#N)ccc1N=C=O. The number of nitrogens with zero attached hydrogens (tertiary/aromatic N) is 2. The highest BCUT2D eigenvalue weighted by atomic mass is 28.3. The number of isocyanates is 1. The van der Waals surface area contributed by atoms with Gasteiger partial charge < -0.3 is 0 Å². The van der Waals surface area contributed by atoms with Crippen molar-refractivity contribution in [2.75, 3.05) is 0 Å². The van der Waals surface area contributed by atoms with Crippen LogP contribution < -0.4 is 0 Å². The van der Waals surface area contributed by atoms with Gasteiger partial charge in [0, 0.05) is 0 Å². The average Bonchev–Trinajstić information content (AvgIpc) is 2.27. The van der Waals surface area contributed by atoms with Crippen LogP contribution in [0.25, 0.3) is 0 Å². The van der Waals surface area contributed by atoms with Gasteiger partial charge in [0.1, 0.15) is 8.07 Å². The Balaban J connectivity index is 3.32. The van der Waals surface area contributed by atoms with E-state index in [0.717, 1.165) is 0 Å². The minimum absolute atomic E-state index is 0.463. The second kappa shape index (κ2) is 5.27. The second-order valence-electron chi connectivity index (χ2n) is 4.55. The summed E-state index contributed by atoms with van der Waals surface area (Å²) in [7, 11) is -1.50. The number of hydrogen-bond acceptors (Lipinski definition) is 3. The summed E-state index contributed by atoms with van der Waals surface area (Å²) < 4.78 is 0. The Hall–Kier alpha value is -2.13. The molecule has 1 aromatic carbocycles. The fourth-order valence-electron chi connectivity index (χ4n) is 1.11. The summed E-state index contributed by atoms with van der Waals surface area (Å²) >= 11 is 0. The van der Waals surface area contributed by atoms with Crippen molar-refractivity contribution in [1.82, 2.24) is 0 Å². The molecule has 0 N–H and O–H groups in total. The maximum atomic E-state index is 10.3. The van der Waals surface area contributed by atoms with E-state index >= 15 is 0 Å². The van der Waals surface area contributed by atoms with Crippen LogP contribution in [-0.4, -0.2) is 14.2 Å². The Morgan fingerprint density at radius 2 is 2.00 bits per heavy atom. The zero-order chi connectivity index (χ0) is 12.9. The summed E-state index contributed by atoms with van der Waals surface area (Å²) in [6, 6.07) is 6.90. The van der Waals surface area contributed by atoms with E-state index in [-0.39, 0.29) is 0 Å². The summed E-state index contributed by atoms with van der Waals surface area (Å²) in [5.74, 6) is 3.00. The number of nitriles is 1. The van der Waals surface area contributed by atoms with Gasteiger partial charge >= 0.3 is 0 Å². The first-order valence-corrected chi connectivity index (χ1v) is 8.61. The van der Waals surface area contributed by atoms with Gasteiger partial charge in [-0.1, -0.05) is 25.6 Å². The minimum atomic E-state index is -1.50. The molecule has 0 saturated heterocycles. The molecule has 0 heterocycles. The highest BCUT2D eigenvalue weighted by Crippen LogP contribution is 2.19. The van der Waals surface area contributed by atoms with Gasteiger partial charge in [-0.2, -0.15) is 10.3 Å². The molecule has 4 heteroatoms. The summed E-state index contributed by atoms with van der Waals surface area (Å²) in [5.41, 5.74) is 4.76. The molecule has 0 bridgehead atoms. The van der Waals surface area contributed by atoms with Crippen molar-refractivity contribution in [2.45, 2.75) is 19.6 Å². The molecule has 0 unspecified atom stereocenters. The van der Waals surface area contributed by atoms with Crippen molar-refractivity contribution in [2.24, 2.45) is 4.99 Å². The summed E-state index contributed by atoms with van der Waals surface area (Å²) in [6.45, 7) is 6.37. The van der Waals surface area contributed by atoms with Gasteiger partial charge in [-0.3, -0.25) is 0 Å². The monoisotopic (exact) mass is 240 g/mol. The van der Waals surface area contributed by atoms with Gasteiger partial charge in [0.2, 0.25) is 6.08 Å². The van der Waals surface area contributed by atoms with Gasteiger partial charge in [0.25, 0.3) is 0 Å². The number of rotatable bonds is 1. The average molecular weight is 240 g/mol. The molecule has 0 aliphatic rings. The van der Waals surface area contributed by atoms with Crippen molar-refractivity contribution in [3.8, 4) is 17.5 Å². The van der Waals surface area contributed by atoms with E-state index in [1.807, 2.05) is 6.07 Å². The lowest BCUT2D eigenvalue weighted by Gasteiger charge is -2.04. The molecule has 17 heavy (non-hydrogen) atoms. The lowest BCUT2D eigenvalue weighted by molar-refractivity contribution is 0.565. The van der Waals surface area contributed by atoms with Crippen molar-refractivity contribution >= 4 is 19.8 Å². The van der Waals surface area contributed by atoms with Crippen molar-refractivity contribution in [1.29, 1.82) is 5.26 Å². The van der Waals surface area contributed by atoms with E-state index in [4.69, 9.17) is 5.26 Å². The van der Waals surface area contributed by atoms with Crippen LogP contribution in [0.4, 0.5) is 5.69 Å². The molecule has 0 saturated carbocycles. The number of benzene rings is 1. The van der Waals surface area contributed by atoms with Crippen molar-refractivity contribution in [3.05, 3.63) is 29.3 Å². The Kier molecular flexibility index (Phi) is 4.01. The van der Waals surface area contributed by atoms with Gasteiger partial charge in [-0.15, -0.1) is 5.54 Å². The molecule has 1 rings (SSSR count). The lowest BCUT2D eigenvalue weighted by Crippen LogP contribution is -2.16. The molecule has 0 fully saturated rings. The summed E-state index contributed by atoms with van der Waals surface area (Å²) in [6.07, 6.45) is 1.49. The predicted molar refractivity (Wildman–Crippen MR) is 69.2 cm³/mol. The molecule has 1 aromatic rings. The molecule has 0 aliphatic carbocycles. The number of hydrogen-bond donors (Lipinski definition) is 0. The molecule has 0 radical (unpaired) electrons. The largest absolute Gasteiger partial charge is 0.240 e. The van der Waals surface area contributed by atoms with Crippen LogP contribution in [0.5, 0.6) is 0 Å². The van der Waals surface area contributed by atoms with Gasteiger partial charge in [-0.05, 0) is 18.2 Å². The Labute approximate surface area is 102 Å². The zero-order valence-corrected chi connectivity index (χ0v) is 11.0. The molecule has 0 aliphatic heterocycles. The predicted octanol–water partition coefficient (Wildman–Crippen LogP) is 2.75. The fourth-order valence-corrected chi connectivity index (χ4v) is 1.62. The maximum absolute atomic E-state index is 10.3. The van der Waals surface area contributed by atoms with E-state index < -0.39 is 8.07 Å². The normalized spacial score (nSPS) is 9.53. The Morgan fingerprint density at radius 3 is 2.53 bits per heavy atom. The van der Waals surface area contributed by atoms with Gasteiger partial charge in [0.15, 0.2) is 0 Å². The first-order chi connectivity index (χ1) is 7.96. The molecule has 3 nitrogen and oxygen atoms in total. The third-order valence-electron chi connectivity index (χ3n) is 1.86. The second-order valence-corrected chi connectivity index (χ2v) is 9.30. The molecule has 0 aromatic heterocycles. The molecular weight excluding hydrogens is 228 g/mol. The van der Waals surface area contributed by atoms with E-state index in [2.05, 4.69) is 36.1 Å². The quantitative estimate of drug-likeness (QED) is 0.328. The van der Waals surface area contributed by atoms with Gasteiger partial charge in [-0.25, -0.2) is 4.79 Å². The highest BCUT2D eigenvalue weighted by molar-refractivity contribution is 6.83. The van der Waals surface area contributed by atoms with E-state index in [1.54, 1.807) is 18.2 Å². The molecule has 0 atom stereocenters. The summed E-state index contributed by atoms with van der Waals surface area (Å²) in [4.78, 5) is 13.9. The molecule has 0 spiro atoms. The maximum Gasteiger partial charge on any atom is 0.240 e.